The highest BCUT2D eigenvalue weighted by Gasteiger charge is 2.37. The number of carboxylic acid groups (broad SMARTS) is 2. The zero-order valence-corrected chi connectivity index (χ0v) is 25.4. The van der Waals surface area contributed by atoms with Crippen molar-refractivity contribution in [1.82, 2.24) is 9.88 Å². The Bertz CT molecular complexity index is 1340. The number of aromatic nitrogens is 1. The Labute approximate surface area is 253 Å². The maximum atomic E-state index is 13.3. The van der Waals surface area contributed by atoms with E-state index in [1.165, 1.54) is 21.6 Å². The number of hydrogen-bond donors (Lipinski definition) is 4. The van der Waals surface area contributed by atoms with Crippen molar-refractivity contribution < 1.29 is 34.1 Å². The standard InChI is InChI=1S/C33H45N3O7/c1-23-11-12-25(20-24(23)2)10-6-4-9-19-42-30(31(33(40)41)43-22-29(37)38)32(39)36(3)18-8-5-7-16-34-27-14-13-26-15-17-35-28(26)21-27/h11-15,17,20-21,30-31,34-35H,4-10,16,18-19,22H2,1-3H3,(H,37,38)(H,40,41). The molecule has 0 aliphatic carbocycles. The van der Waals surface area contributed by atoms with Gasteiger partial charge in [-0.1, -0.05) is 30.7 Å². The summed E-state index contributed by atoms with van der Waals surface area (Å²) >= 11 is 0. The van der Waals surface area contributed by atoms with Crippen molar-refractivity contribution in [2.24, 2.45) is 0 Å². The first-order valence-electron chi connectivity index (χ1n) is 15.0. The minimum absolute atomic E-state index is 0.164. The smallest absolute Gasteiger partial charge is 0.336 e. The second-order valence-electron chi connectivity index (χ2n) is 11.0. The summed E-state index contributed by atoms with van der Waals surface area (Å²) in [6.45, 7) is 4.69. The Morgan fingerprint density at radius 2 is 1.67 bits per heavy atom. The molecule has 0 radical (unpaired) electrons. The molecule has 3 rings (SSSR count). The van der Waals surface area contributed by atoms with Gasteiger partial charge in [0.05, 0.1) is 0 Å². The molecule has 4 N–H and O–H groups in total. The molecule has 0 spiro atoms. The largest absolute Gasteiger partial charge is 0.480 e. The molecule has 0 fully saturated rings. The third-order valence-corrected chi connectivity index (χ3v) is 7.56. The minimum Gasteiger partial charge on any atom is -0.480 e. The Kier molecular flexibility index (Phi) is 13.5. The number of benzene rings is 2. The van der Waals surface area contributed by atoms with Gasteiger partial charge < -0.3 is 34.9 Å². The number of anilines is 1. The normalized spacial score (nSPS) is 12.6. The lowest BCUT2D eigenvalue weighted by atomic mass is 10.0. The number of rotatable bonds is 20. The van der Waals surface area contributed by atoms with E-state index in [2.05, 4.69) is 54.5 Å². The Hall–Kier alpha value is -3.89. The number of aryl methyl sites for hydroxylation is 3. The van der Waals surface area contributed by atoms with Crippen LogP contribution in [0, 0.1) is 13.8 Å². The van der Waals surface area contributed by atoms with Crippen molar-refractivity contribution in [1.29, 1.82) is 0 Å². The fourth-order valence-electron chi connectivity index (χ4n) is 4.88. The molecule has 234 valence electrons. The summed E-state index contributed by atoms with van der Waals surface area (Å²) in [6.07, 6.45) is 4.55. The van der Waals surface area contributed by atoms with E-state index in [0.29, 0.717) is 13.0 Å². The van der Waals surface area contributed by atoms with Crippen molar-refractivity contribution >= 4 is 34.4 Å². The summed E-state index contributed by atoms with van der Waals surface area (Å²) < 4.78 is 10.9. The molecular formula is C33H45N3O7. The Balaban J connectivity index is 1.44. The molecule has 0 saturated heterocycles. The average molecular weight is 596 g/mol. The summed E-state index contributed by atoms with van der Waals surface area (Å²) in [5.74, 6) is -3.30. The summed E-state index contributed by atoms with van der Waals surface area (Å²) in [4.78, 5) is 40.9. The fraction of sp³-hybridized carbons (Fsp3) is 0.485. The van der Waals surface area contributed by atoms with Crippen LogP contribution in [0.1, 0.15) is 55.2 Å². The number of amides is 1. The van der Waals surface area contributed by atoms with Crippen molar-refractivity contribution in [2.75, 3.05) is 38.7 Å². The van der Waals surface area contributed by atoms with Gasteiger partial charge in [0.15, 0.2) is 12.2 Å². The molecule has 3 aromatic rings. The molecule has 2 aromatic carbocycles. The lowest BCUT2D eigenvalue weighted by molar-refractivity contribution is -0.175. The van der Waals surface area contributed by atoms with Gasteiger partial charge in [-0.05, 0) is 92.6 Å². The van der Waals surface area contributed by atoms with E-state index >= 15 is 0 Å². The number of ether oxygens (including phenoxy) is 2. The Morgan fingerprint density at radius 3 is 2.42 bits per heavy atom. The van der Waals surface area contributed by atoms with Crippen LogP contribution in [0.25, 0.3) is 10.9 Å². The van der Waals surface area contributed by atoms with Gasteiger partial charge >= 0.3 is 11.9 Å². The van der Waals surface area contributed by atoms with E-state index in [0.717, 1.165) is 61.7 Å². The zero-order chi connectivity index (χ0) is 31.2. The number of aromatic amines is 1. The van der Waals surface area contributed by atoms with E-state index in [4.69, 9.17) is 14.6 Å². The number of fused-ring (bicyclic) bond motifs is 1. The molecule has 0 saturated carbocycles. The number of hydrogen-bond acceptors (Lipinski definition) is 6. The molecular weight excluding hydrogens is 550 g/mol. The molecule has 0 bridgehead atoms. The molecule has 43 heavy (non-hydrogen) atoms. The number of H-pyrrole nitrogens is 1. The van der Waals surface area contributed by atoms with E-state index in [-0.39, 0.29) is 6.61 Å². The number of likely N-dealkylation sites (N-methyl/N-ethyl adjacent to an activating group) is 1. The van der Waals surface area contributed by atoms with E-state index in [1.54, 1.807) is 7.05 Å². The number of aliphatic carboxylic acids is 2. The first kappa shape index (κ1) is 33.6. The van der Waals surface area contributed by atoms with Crippen LogP contribution in [0.5, 0.6) is 0 Å². The van der Waals surface area contributed by atoms with Crippen LogP contribution in [-0.2, 0) is 30.3 Å². The maximum absolute atomic E-state index is 13.3. The first-order valence-corrected chi connectivity index (χ1v) is 15.0. The van der Waals surface area contributed by atoms with Crippen molar-refractivity contribution in [2.45, 2.75) is 71.0 Å². The molecule has 2 unspecified atom stereocenters. The number of carbonyl (C=O) groups is 3. The van der Waals surface area contributed by atoms with Gasteiger partial charge in [0.25, 0.3) is 5.91 Å². The van der Waals surface area contributed by atoms with Crippen LogP contribution in [0.2, 0.25) is 0 Å². The van der Waals surface area contributed by atoms with Gasteiger partial charge in [0.1, 0.15) is 6.61 Å². The first-order chi connectivity index (χ1) is 20.7. The maximum Gasteiger partial charge on any atom is 0.336 e. The van der Waals surface area contributed by atoms with Crippen LogP contribution in [0.4, 0.5) is 5.69 Å². The van der Waals surface area contributed by atoms with E-state index in [1.807, 2.05) is 18.3 Å². The third-order valence-electron chi connectivity index (χ3n) is 7.56. The molecule has 1 aromatic heterocycles. The van der Waals surface area contributed by atoms with Crippen LogP contribution in [0.3, 0.4) is 0 Å². The molecule has 0 aliphatic heterocycles. The highest BCUT2D eigenvalue weighted by Crippen LogP contribution is 2.18. The lowest BCUT2D eigenvalue weighted by Crippen LogP contribution is -2.50. The van der Waals surface area contributed by atoms with Gasteiger partial charge in [0.2, 0.25) is 0 Å². The summed E-state index contributed by atoms with van der Waals surface area (Å²) in [7, 11) is 1.60. The predicted molar refractivity (Wildman–Crippen MR) is 166 cm³/mol. The van der Waals surface area contributed by atoms with Crippen molar-refractivity contribution in [3.63, 3.8) is 0 Å². The quantitative estimate of drug-likeness (QED) is 0.131. The molecule has 2 atom stereocenters. The number of carboxylic acids is 2. The van der Waals surface area contributed by atoms with Crippen LogP contribution in [0.15, 0.2) is 48.7 Å². The fourth-order valence-corrected chi connectivity index (χ4v) is 4.88. The van der Waals surface area contributed by atoms with Gasteiger partial charge in [-0.25, -0.2) is 9.59 Å². The van der Waals surface area contributed by atoms with Gasteiger partial charge in [-0.2, -0.15) is 0 Å². The lowest BCUT2D eigenvalue weighted by Gasteiger charge is -2.27. The van der Waals surface area contributed by atoms with Crippen molar-refractivity contribution in [3.05, 3.63) is 65.4 Å². The summed E-state index contributed by atoms with van der Waals surface area (Å²) in [5, 5.41) is 23.3. The molecule has 10 nitrogen and oxygen atoms in total. The summed E-state index contributed by atoms with van der Waals surface area (Å²) in [6, 6.07) is 14.6. The van der Waals surface area contributed by atoms with E-state index < -0.39 is 36.7 Å². The molecule has 10 heteroatoms. The molecule has 1 amide bonds. The second kappa shape index (κ2) is 17.3. The molecule has 0 aliphatic rings. The van der Waals surface area contributed by atoms with Crippen LogP contribution >= 0.6 is 0 Å². The second-order valence-corrected chi connectivity index (χ2v) is 11.0. The summed E-state index contributed by atoms with van der Waals surface area (Å²) in [5.41, 5.74) is 5.89. The highest BCUT2D eigenvalue weighted by atomic mass is 16.6. The van der Waals surface area contributed by atoms with Gasteiger partial charge in [0, 0.05) is 44.1 Å². The van der Waals surface area contributed by atoms with Crippen LogP contribution in [-0.4, -0.2) is 83.5 Å². The zero-order valence-electron chi connectivity index (χ0n) is 25.4. The van der Waals surface area contributed by atoms with Gasteiger partial charge in [-0.15, -0.1) is 0 Å². The predicted octanol–water partition coefficient (Wildman–Crippen LogP) is 5.18. The van der Waals surface area contributed by atoms with Crippen molar-refractivity contribution in [3.8, 4) is 0 Å². The number of nitrogens with zero attached hydrogens (tertiary/aromatic N) is 1. The number of unbranched alkanes of at least 4 members (excludes halogenated alkanes) is 4. The average Bonchev–Trinajstić information content (AvgIpc) is 3.44. The highest BCUT2D eigenvalue weighted by molar-refractivity contribution is 5.88. The Morgan fingerprint density at radius 1 is 0.884 bits per heavy atom. The minimum atomic E-state index is -1.72. The van der Waals surface area contributed by atoms with Crippen LogP contribution < -0.4 is 5.32 Å². The SMILES string of the molecule is Cc1ccc(CCCCCOC(C(=O)N(C)CCCCCNc2ccc3cc[nH]c3c2)C(OCC(=O)O)C(=O)O)cc1C. The topological polar surface area (TPSA) is 141 Å². The number of nitrogens with one attached hydrogen (secondary N) is 2. The third kappa shape index (κ3) is 11.0. The van der Waals surface area contributed by atoms with E-state index in [9.17, 15) is 19.5 Å². The monoisotopic (exact) mass is 595 g/mol. The van der Waals surface area contributed by atoms with Gasteiger partial charge in [-0.3, -0.25) is 4.79 Å². The number of carbonyl (C=O) groups excluding carboxylic acids is 1. The molecule has 1 heterocycles.